The van der Waals surface area contributed by atoms with Gasteiger partial charge in [-0.1, -0.05) is 0 Å². The molecule has 0 radical (unpaired) electrons. The van der Waals surface area contributed by atoms with E-state index in [1.54, 1.807) is 18.4 Å². The summed E-state index contributed by atoms with van der Waals surface area (Å²) >= 11 is 6.45. The van der Waals surface area contributed by atoms with E-state index in [9.17, 15) is 4.39 Å². The summed E-state index contributed by atoms with van der Waals surface area (Å²) in [6.45, 7) is 0.509. The first kappa shape index (κ1) is 11.7. The molecule has 5 heteroatoms. The average molecular weight is 349 g/mol. The summed E-state index contributed by atoms with van der Waals surface area (Å²) in [6.07, 6.45) is 1.60. The SMILES string of the molecule is Fc1cc(NCc2occc2Br)ccc1Br. The summed E-state index contributed by atoms with van der Waals surface area (Å²) in [5, 5.41) is 3.07. The Hall–Kier alpha value is -0.810. The second-order valence-corrected chi connectivity index (χ2v) is 4.88. The fourth-order valence-electron chi connectivity index (χ4n) is 1.24. The van der Waals surface area contributed by atoms with E-state index in [0.717, 1.165) is 10.2 Å². The second-order valence-electron chi connectivity index (χ2n) is 3.17. The van der Waals surface area contributed by atoms with Crippen LogP contribution in [0.15, 0.2) is 43.9 Å². The molecule has 84 valence electrons. The van der Waals surface area contributed by atoms with E-state index in [4.69, 9.17) is 4.42 Å². The lowest BCUT2D eigenvalue weighted by atomic mass is 10.3. The molecule has 16 heavy (non-hydrogen) atoms. The van der Waals surface area contributed by atoms with Crippen molar-refractivity contribution in [2.45, 2.75) is 6.54 Å². The molecule has 0 aliphatic carbocycles. The Labute approximate surface area is 109 Å². The highest BCUT2D eigenvalue weighted by Gasteiger charge is 2.04. The van der Waals surface area contributed by atoms with Crippen molar-refractivity contribution < 1.29 is 8.81 Å². The zero-order valence-corrected chi connectivity index (χ0v) is 11.3. The van der Waals surface area contributed by atoms with Gasteiger partial charge in [0.1, 0.15) is 11.6 Å². The molecule has 0 unspecified atom stereocenters. The van der Waals surface area contributed by atoms with E-state index in [1.807, 2.05) is 6.07 Å². The Morgan fingerprint density at radius 3 is 2.62 bits per heavy atom. The zero-order valence-electron chi connectivity index (χ0n) is 8.14. The monoisotopic (exact) mass is 347 g/mol. The molecule has 0 spiro atoms. The first-order chi connectivity index (χ1) is 7.66. The molecule has 0 aliphatic heterocycles. The van der Waals surface area contributed by atoms with Crippen LogP contribution in [0.3, 0.4) is 0 Å². The lowest BCUT2D eigenvalue weighted by molar-refractivity contribution is 0.516. The minimum atomic E-state index is -0.288. The van der Waals surface area contributed by atoms with Crippen molar-refractivity contribution in [3.05, 3.63) is 51.1 Å². The van der Waals surface area contributed by atoms with Gasteiger partial charge in [0, 0.05) is 5.69 Å². The normalized spacial score (nSPS) is 10.4. The van der Waals surface area contributed by atoms with Gasteiger partial charge in [0.05, 0.1) is 21.8 Å². The van der Waals surface area contributed by atoms with E-state index < -0.39 is 0 Å². The van der Waals surface area contributed by atoms with Crippen LogP contribution in [0.5, 0.6) is 0 Å². The van der Waals surface area contributed by atoms with Crippen molar-refractivity contribution in [2.75, 3.05) is 5.32 Å². The number of hydrogen-bond acceptors (Lipinski definition) is 2. The molecule has 0 fully saturated rings. The highest BCUT2D eigenvalue weighted by atomic mass is 79.9. The number of rotatable bonds is 3. The van der Waals surface area contributed by atoms with Crippen LogP contribution < -0.4 is 5.32 Å². The molecule has 1 N–H and O–H groups in total. The van der Waals surface area contributed by atoms with Crippen molar-refractivity contribution in [3.8, 4) is 0 Å². The van der Waals surface area contributed by atoms with Crippen LogP contribution >= 0.6 is 31.9 Å². The van der Waals surface area contributed by atoms with E-state index in [-0.39, 0.29) is 5.82 Å². The Morgan fingerprint density at radius 2 is 2.00 bits per heavy atom. The number of nitrogens with one attached hydrogen (secondary N) is 1. The third-order valence-corrected chi connectivity index (χ3v) is 3.41. The maximum atomic E-state index is 13.2. The highest BCUT2D eigenvalue weighted by Crippen LogP contribution is 2.22. The van der Waals surface area contributed by atoms with Crippen LogP contribution in [-0.4, -0.2) is 0 Å². The van der Waals surface area contributed by atoms with Gasteiger partial charge in [-0.05, 0) is 56.1 Å². The third-order valence-electron chi connectivity index (χ3n) is 2.06. The maximum Gasteiger partial charge on any atom is 0.139 e. The summed E-state index contributed by atoms with van der Waals surface area (Å²) < 4.78 is 19.8. The van der Waals surface area contributed by atoms with Gasteiger partial charge in [-0.15, -0.1) is 0 Å². The number of halogens is 3. The molecule has 1 heterocycles. The Morgan fingerprint density at radius 1 is 1.19 bits per heavy atom. The first-order valence-corrected chi connectivity index (χ1v) is 6.16. The molecule has 2 nitrogen and oxygen atoms in total. The van der Waals surface area contributed by atoms with Crippen molar-refractivity contribution in [2.24, 2.45) is 0 Å². The zero-order chi connectivity index (χ0) is 11.5. The van der Waals surface area contributed by atoms with Crippen LogP contribution in [0.1, 0.15) is 5.76 Å². The standard InChI is InChI=1S/C11H8Br2FNO/c12-8-2-1-7(5-10(8)14)15-6-11-9(13)3-4-16-11/h1-5,15H,6H2. The average Bonchev–Trinajstić information content (AvgIpc) is 2.66. The lowest BCUT2D eigenvalue weighted by Gasteiger charge is -2.05. The predicted molar refractivity (Wildman–Crippen MR) is 67.8 cm³/mol. The van der Waals surface area contributed by atoms with Crippen molar-refractivity contribution in [1.82, 2.24) is 0 Å². The largest absolute Gasteiger partial charge is 0.466 e. The summed E-state index contributed by atoms with van der Waals surface area (Å²) in [5.41, 5.74) is 0.712. The van der Waals surface area contributed by atoms with Crippen molar-refractivity contribution >= 4 is 37.5 Å². The molecule has 0 amide bonds. The molecular weight excluding hydrogens is 341 g/mol. The van der Waals surface area contributed by atoms with Gasteiger partial charge in [-0.3, -0.25) is 0 Å². The van der Waals surface area contributed by atoms with Gasteiger partial charge >= 0.3 is 0 Å². The minimum Gasteiger partial charge on any atom is -0.466 e. The Kier molecular flexibility index (Phi) is 3.66. The van der Waals surface area contributed by atoms with Gasteiger partial charge in [-0.25, -0.2) is 4.39 Å². The number of anilines is 1. The lowest BCUT2D eigenvalue weighted by Crippen LogP contribution is -1.99. The number of furan rings is 1. The highest BCUT2D eigenvalue weighted by molar-refractivity contribution is 9.10. The smallest absolute Gasteiger partial charge is 0.139 e. The second kappa shape index (κ2) is 5.01. The van der Waals surface area contributed by atoms with Crippen molar-refractivity contribution in [1.29, 1.82) is 0 Å². The molecule has 0 bridgehead atoms. The Bertz CT molecular complexity index is 498. The summed E-state index contributed by atoms with van der Waals surface area (Å²) in [7, 11) is 0. The first-order valence-electron chi connectivity index (χ1n) is 4.57. The predicted octanol–water partition coefficient (Wildman–Crippen LogP) is 4.56. The minimum absolute atomic E-state index is 0.288. The van der Waals surface area contributed by atoms with Gasteiger partial charge < -0.3 is 9.73 Å². The molecule has 2 aromatic rings. The molecule has 0 aliphatic rings. The molecule has 0 atom stereocenters. The fraction of sp³-hybridized carbons (Fsp3) is 0.0909. The van der Waals surface area contributed by atoms with E-state index in [1.165, 1.54) is 6.07 Å². The third kappa shape index (κ3) is 2.65. The maximum absolute atomic E-state index is 13.2. The number of benzene rings is 1. The van der Waals surface area contributed by atoms with Crippen LogP contribution in [0.25, 0.3) is 0 Å². The van der Waals surface area contributed by atoms with Crippen LogP contribution in [0.2, 0.25) is 0 Å². The summed E-state index contributed by atoms with van der Waals surface area (Å²) in [4.78, 5) is 0. The van der Waals surface area contributed by atoms with E-state index in [0.29, 0.717) is 16.7 Å². The molecule has 1 aromatic heterocycles. The molecule has 0 saturated carbocycles. The summed E-state index contributed by atoms with van der Waals surface area (Å²) in [6, 6.07) is 6.71. The molecule has 1 aromatic carbocycles. The topological polar surface area (TPSA) is 25.2 Å². The summed E-state index contributed by atoms with van der Waals surface area (Å²) in [5.74, 6) is 0.492. The van der Waals surface area contributed by atoms with Crippen LogP contribution in [-0.2, 0) is 6.54 Å². The molecule has 2 rings (SSSR count). The van der Waals surface area contributed by atoms with Gasteiger partial charge in [0.25, 0.3) is 0 Å². The van der Waals surface area contributed by atoms with E-state index in [2.05, 4.69) is 37.2 Å². The van der Waals surface area contributed by atoms with Gasteiger partial charge in [0.2, 0.25) is 0 Å². The molecular formula is C11H8Br2FNO. The Balaban J connectivity index is 2.05. The van der Waals surface area contributed by atoms with Gasteiger partial charge in [-0.2, -0.15) is 0 Å². The quantitative estimate of drug-likeness (QED) is 0.879. The number of hydrogen-bond donors (Lipinski definition) is 1. The van der Waals surface area contributed by atoms with Crippen molar-refractivity contribution in [3.63, 3.8) is 0 Å². The van der Waals surface area contributed by atoms with Crippen LogP contribution in [0, 0.1) is 5.82 Å². The fourth-order valence-corrected chi connectivity index (χ4v) is 1.83. The molecule has 0 saturated heterocycles. The van der Waals surface area contributed by atoms with Gasteiger partial charge in [0.15, 0.2) is 0 Å². The van der Waals surface area contributed by atoms with E-state index >= 15 is 0 Å². The van der Waals surface area contributed by atoms with Crippen LogP contribution in [0.4, 0.5) is 10.1 Å².